The van der Waals surface area contributed by atoms with Crippen LogP contribution in [0.4, 0.5) is 5.69 Å². The maximum atomic E-state index is 12.9. The fraction of sp³-hybridized carbons (Fsp3) is 0.577. The third-order valence-corrected chi connectivity index (χ3v) is 7.95. The van der Waals surface area contributed by atoms with Gasteiger partial charge in [0.1, 0.15) is 11.9 Å². The number of carbonyl (C=O) groups is 1. The van der Waals surface area contributed by atoms with Gasteiger partial charge < -0.3 is 14.4 Å². The summed E-state index contributed by atoms with van der Waals surface area (Å²) >= 11 is 0. The Morgan fingerprint density at radius 2 is 1.97 bits per heavy atom. The second kappa shape index (κ2) is 8.01. The highest BCUT2D eigenvalue weighted by Gasteiger charge is 2.51. The van der Waals surface area contributed by atoms with E-state index in [0.717, 1.165) is 63.4 Å². The molecule has 0 aromatic heterocycles. The van der Waals surface area contributed by atoms with Crippen LogP contribution < -0.4 is 9.64 Å². The molecule has 0 radical (unpaired) electrons. The highest BCUT2D eigenvalue weighted by molar-refractivity contribution is 5.76. The molecule has 31 heavy (non-hydrogen) atoms. The Bertz CT molecular complexity index is 915. The summed E-state index contributed by atoms with van der Waals surface area (Å²) in [7, 11) is 1.73. The van der Waals surface area contributed by atoms with E-state index in [4.69, 9.17) is 9.47 Å². The van der Waals surface area contributed by atoms with Gasteiger partial charge in [0.25, 0.3) is 0 Å². The Hall–Kier alpha value is -2.27. The number of para-hydroxylation sites is 2. The highest BCUT2D eigenvalue weighted by atomic mass is 16.6. The standard InChI is InChI=1S/C26H34N2O3/c1-18-7-6-10-26(2)16-24-19(15-21(18)26)20(25(29)31-24)17-27-11-13-28(14-12-27)22-8-4-5-9-23(22)30-3/h4-5,7-9,15,19-20,24H,6,10-14,16-17H2,1-3H3/t19-,20-,24+,26-/m0/s1. The number of ether oxygens (including phenoxy) is 2. The van der Waals surface area contributed by atoms with Gasteiger partial charge in [-0.25, -0.2) is 0 Å². The molecule has 4 aliphatic rings. The van der Waals surface area contributed by atoms with E-state index >= 15 is 0 Å². The molecule has 1 aromatic rings. The number of methoxy groups -OCH3 is 1. The van der Waals surface area contributed by atoms with Crippen molar-refractivity contribution in [1.29, 1.82) is 0 Å². The van der Waals surface area contributed by atoms with Crippen LogP contribution in [0.1, 0.15) is 33.1 Å². The van der Waals surface area contributed by atoms with E-state index in [2.05, 4.69) is 47.9 Å². The van der Waals surface area contributed by atoms with Crippen molar-refractivity contribution in [3.8, 4) is 5.75 Å². The lowest BCUT2D eigenvalue weighted by atomic mass is 9.62. The third-order valence-electron chi connectivity index (χ3n) is 7.95. The number of anilines is 1. The number of hydrogen-bond donors (Lipinski definition) is 0. The van der Waals surface area contributed by atoms with Gasteiger partial charge in [-0.05, 0) is 49.3 Å². The van der Waals surface area contributed by atoms with E-state index < -0.39 is 0 Å². The molecule has 5 nitrogen and oxygen atoms in total. The number of fused-ring (bicyclic) bond motifs is 2. The SMILES string of the molecule is COc1ccccc1N1CCN(C[C@@H]2C(=O)O[C@@H]3C[C@]4(C)CCC=C(C)C4=C[C@@H]23)CC1. The summed E-state index contributed by atoms with van der Waals surface area (Å²) in [5.41, 5.74) is 4.18. The molecule has 0 unspecified atom stereocenters. The zero-order valence-corrected chi connectivity index (χ0v) is 19.0. The van der Waals surface area contributed by atoms with Gasteiger partial charge in [-0.15, -0.1) is 0 Å². The van der Waals surface area contributed by atoms with Crippen LogP contribution in [-0.2, 0) is 9.53 Å². The lowest BCUT2D eigenvalue weighted by molar-refractivity contribution is -0.145. The number of piperazine rings is 1. The fourth-order valence-electron chi connectivity index (χ4n) is 6.18. The van der Waals surface area contributed by atoms with Crippen LogP contribution in [0.15, 0.2) is 47.6 Å². The first-order valence-corrected chi connectivity index (χ1v) is 11.7. The van der Waals surface area contributed by atoms with E-state index in [1.165, 1.54) is 11.1 Å². The average molecular weight is 423 g/mol. The van der Waals surface area contributed by atoms with Crippen molar-refractivity contribution >= 4 is 11.7 Å². The minimum Gasteiger partial charge on any atom is -0.495 e. The van der Waals surface area contributed by atoms with Gasteiger partial charge in [0.05, 0.1) is 18.7 Å². The Labute approximate surface area is 185 Å². The predicted octanol–water partition coefficient (Wildman–Crippen LogP) is 4.05. The first-order chi connectivity index (χ1) is 15.0. The third kappa shape index (κ3) is 3.67. The van der Waals surface area contributed by atoms with Crippen LogP contribution in [-0.4, -0.2) is 56.8 Å². The molecule has 166 valence electrons. The summed E-state index contributed by atoms with van der Waals surface area (Å²) in [5, 5.41) is 0. The van der Waals surface area contributed by atoms with Gasteiger partial charge in [-0.3, -0.25) is 9.69 Å². The van der Waals surface area contributed by atoms with Crippen molar-refractivity contribution in [3.05, 3.63) is 47.6 Å². The van der Waals surface area contributed by atoms with Crippen LogP contribution in [0.3, 0.4) is 0 Å². The second-order valence-corrected chi connectivity index (χ2v) is 9.89. The maximum Gasteiger partial charge on any atom is 0.311 e. The zero-order valence-electron chi connectivity index (χ0n) is 19.0. The monoisotopic (exact) mass is 422 g/mol. The Kier molecular flexibility index (Phi) is 5.33. The number of allylic oxidation sites excluding steroid dienone is 3. The van der Waals surface area contributed by atoms with Gasteiger partial charge in [0, 0.05) is 38.6 Å². The summed E-state index contributed by atoms with van der Waals surface area (Å²) < 4.78 is 11.5. The van der Waals surface area contributed by atoms with E-state index in [9.17, 15) is 4.79 Å². The fourth-order valence-corrected chi connectivity index (χ4v) is 6.18. The molecule has 4 atom stereocenters. The first kappa shape index (κ1) is 20.6. The molecule has 1 aromatic carbocycles. The average Bonchev–Trinajstić information content (AvgIpc) is 3.06. The molecule has 5 heteroatoms. The molecular formula is C26H34N2O3. The smallest absolute Gasteiger partial charge is 0.311 e. The highest BCUT2D eigenvalue weighted by Crippen LogP contribution is 2.52. The molecule has 2 fully saturated rings. The zero-order chi connectivity index (χ0) is 21.6. The molecule has 0 amide bonds. The Morgan fingerprint density at radius 1 is 1.19 bits per heavy atom. The van der Waals surface area contributed by atoms with Crippen LogP contribution in [0, 0.1) is 17.3 Å². The molecule has 2 aliphatic heterocycles. The summed E-state index contributed by atoms with van der Waals surface area (Å²) in [6.45, 7) is 9.16. The normalized spacial score (nSPS) is 33.2. The van der Waals surface area contributed by atoms with Crippen LogP contribution in [0.2, 0.25) is 0 Å². The summed E-state index contributed by atoms with van der Waals surface area (Å²) in [6.07, 6.45) is 8.07. The molecule has 0 spiro atoms. The van der Waals surface area contributed by atoms with Crippen LogP contribution in [0.25, 0.3) is 0 Å². The van der Waals surface area contributed by atoms with E-state index in [1.807, 2.05) is 12.1 Å². The quantitative estimate of drug-likeness (QED) is 0.685. The number of carbonyl (C=O) groups excluding carboxylic acids is 1. The molecule has 5 rings (SSSR count). The molecule has 0 bridgehead atoms. The molecule has 0 N–H and O–H groups in total. The molecular weight excluding hydrogens is 388 g/mol. The van der Waals surface area contributed by atoms with Crippen molar-refractivity contribution in [2.45, 2.75) is 39.2 Å². The summed E-state index contributed by atoms with van der Waals surface area (Å²) in [5.74, 6) is 1.09. The summed E-state index contributed by atoms with van der Waals surface area (Å²) in [4.78, 5) is 17.7. The van der Waals surface area contributed by atoms with E-state index in [1.54, 1.807) is 7.11 Å². The molecule has 2 saturated heterocycles. The molecule has 2 aliphatic carbocycles. The lowest BCUT2D eigenvalue weighted by Crippen LogP contribution is -2.49. The number of hydrogen-bond acceptors (Lipinski definition) is 5. The predicted molar refractivity (Wildman–Crippen MR) is 122 cm³/mol. The first-order valence-electron chi connectivity index (χ1n) is 11.7. The molecule has 0 saturated carbocycles. The van der Waals surface area contributed by atoms with Crippen LogP contribution in [0.5, 0.6) is 5.75 Å². The largest absolute Gasteiger partial charge is 0.495 e. The Balaban J connectivity index is 1.27. The molecule has 2 heterocycles. The van der Waals surface area contributed by atoms with Crippen molar-refractivity contribution in [1.82, 2.24) is 4.90 Å². The van der Waals surface area contributed by atoms with Crippen LogP contribution >= 0.6 is 0 Å². The number of esters is 1. The number of nitrogens with zero attached hydrogens (tertiary/aromatic N) is 2. The minimum atomic E-state index is -0.0467. The van der Waals surface area contributed by atoms with Crippen molar-refractivity contribution in [3.63, 3.8) is 0 Å². The van der Waals surface area contributed by atoms with Gasteiger partial charge in [-0.1, -0.05) is 36.8 Å². The number of benzene rings is 1. The van der Waals surface area contributed by atoms with Gasteiger partial charge in [0.2, 0.25) is 0 Å². The minimum absolute atomic E-state index is 0.00267. The van der Waals surface area contributed by atoms with Crippen molar-refractivity contribution in [2.24, 2.45) is 17.3 Å². The van der Waals surface area contributed by atoms with Gasteiger partial charge in [-0.2, -0.15) is 0 Å². The van der Waals surface area contributed by atoms with Crippen molar-refractivity contribution < 1.29 is 14.3 Å². The van der Waals surface area contributed by atoms with Gasteiger partial charge >= 0.3 is 5.97 Å². The maximum absolute atomic E-state index is 12.9. The Morgan fingerprint density at radius 3 is 2.74 bits per heavy atom. The topological polar surface area (TPSA) is 42.0 Å². The van der Waals surface area contributed by atoms with E-state index in [0.29, 0.717) is 0 Å². The second-order valence-electron chi connectivity index (χ2n) is 9.89. The van der Waals surface area contributed by atoms with E-state index in [-0.39, 0.29) is 29.3 Å². The van der Waals surface area contributed by atoms with Crippen molar-refractivity contribution in [2.75, 3.05) is 44.7 Å². The lowest BCUT2D eigenvalue weighted by Gasteiger charge is -2.43. The number of rotatable bonds is 4. The summed E-state index contributed by atoms with van der Waals surface area (Å²) in [6, 6.07) is 8.21. The van der Waals surface area contributed by atoms with Gasteiger partial charge in [0.15, 0.2) is 0 Å².